The Kier molecular flexibility index (Phi) is 6.76. The summed E-state index contributed by atoms with van der Waals surface area (Å²) in [6.07, 6.45) is 4.54. The van der Waals surface area contributed by atoms with Gasteiger partial charge in [-0.2, -0.15) is 4.31 Å². The first-order valence-corrected chi connectivity index (χ1v) is 11.3. The van der Waals surface area contributed by atoms with Gasteiger partial charge in [-0.15, -0.1) is 11.3 Å². The zero-order valence-electron chi connectivity index (χ0n) is 15.2. The predicted octanol–water partition coefficient (Wildman–Crippen LogP) is 1.69. The second-order valence-electron chi connectivity index (χ2n) is 6.47. The molecule has 1 atom stereocenters. The first-order chi connectivity index (χ1) is 13.5. The second kappa shape index (κ2) is 9.26. The molecular formula is C18H22N4O4S2. The Balaban J connectivity index is 1.47. The van der Waals surface area contributed by atoms with Crippen LogP contribution in [0.2, 0.25) is 0 Å². The highest BCUT2D eigenvalue weighted by Crippen LogP contribution is 2.26. The van der Waals surface area contributed by atoms with E-state index in [1.807, 2.05) is 0 Å². The monoisotopic (exact) mass is 422 g/mol. The number of carbonyl (C=O) groups excluding carboxylic acids is 2. The van der Waals surface area contributed by atoms with E-state index in [0.717, 1.165) is 0 Å². The third-order valence-electron chi connectivity index (χ3n) is 4.44. The molecule has 1 saturated heterocycles. The summed E-state index contributed by atoms with van der Waals surface area (Å²) in [5.74, 6) is -0.857. The normalized spacial score (nSPS) is 17.8. The lowest BCUT2D eigenvalue weighted by Crippen LogP contribution is -2.45. The molecule has 1 aliphatic rings. The number of sulfonamides is 1. The van der Waals surface area contributed by atoms with Crippen LogP contribution in [-0.4, -0.2) is 49.2 Å². The smallest absolute Gasteiger partial charge is 0.252 e. The van der Waals surface area contributed by atoms with Crippen molar-refractivity contribution in [3.05, 3.63) is 42.0 Å². The molecule has 3 heterocycles. The summed E-state index contributed by atoms with van der Waals surface area (Å²) >= 11 is 1.17. The fourth-order valence-electron chi connectivity index (χ4n) is 3.02. The Labute approximate surface area is 168 Å². The zero-order valence-corrected chi connectivity index (χ0v) is 16.8. The van der Waals surface area contributed by atoms with Crippen molar-refractivity contribution < 1.29 is 18.0 Å². The van der Waals surface area contributed by atoms with Crippen LogP contribution in [0, 0.1) is 5.92 Å². The van der Waals surface area contributed by atoms with Gasteiger partial charge in [0.2, 0.25) is 11.8 Å². The van der Waals surface area contributed by atoms with Gasteiger partial charge in [-0.05, 0) is 36.4 Å². The van der Waals surface area contributed by atoms with E-state index in [1.165, 1.54) is 15.6 Å². The molecule has 2 aromatic rings. The van der Waals surface area contributed by atoms with Crippen LogP contribution >= 0.6 is 11.3 Å². The zero-order chi connectivity index (χ0) is 20.0. The van der Waals surface area contributed by atoms with E-state index in [9.17, 15) is 18.0 Å². The van der Waals surface area contributed by atoms with Gasteiger partial charge in [-0.3, -0.25) is 14.6 Å². The van der Waals surface area contributed by atoms with Gasteiger partial charge in [0.15, 0.2) is 0 Å². The lowest BCUT2D eigenvalue weighted by molar-refractivity contribution is -0.126. The lowest BCUT2D eigenvalue weighted by atomic mass is 9.99. The predicted molar refractivity (Wildman–Crippen MR) is 106 cm³/mol. The number of amides is 2. The average molecular weight is 423 g/mol. The molecule has 0 aromatic carbocycles. The molecular weight excluding hydrogens is 400 g/mol. The number of thiophene rings is 1. The Hall–Kier alpha value is -2.30. The van der Waals surface area contributed by atoms with Gasteiger partial charge in [0, 0.05) is 32.3 Å². The number of aromatic nitrogens is 1. The molecule has 0 aliphatic carbocycles. The van der Waals surface area contributed by atoms with Crippen LogP contribution in [0.15, 0.2) is 46.2 Å². The maximum Gasteiger partial charge on any atom is 0.252 e. The molecule has 1 unspecified atom stereocenters. The topological polar surface area (TPSA) is 108 Å². The van der Waals surface area contributed by atoms with Crippen LogP contribution in [0.5, 0.6) is 0 Å². The fourth-order valence-corrected chi connectivity index (χ4v) is 5.68. The van der Waals surface area contributed by atoms with Crippen molar-refractivity contribution in [2.45, 2.75) is 23.5 Å². The largest absolute Gasteiger partial charge is 0.355 e. The molecule has 0 saturated carbocycles. The third kappa shape index (κ3) is 5.15. The maximum absolute atomic E-state index is 12.6. The number of pyridine rings is 1. The minimum absolute atomic E-state index is 0.130. The molecule has 1 aliphatic heterocycles. The highest BCUT2D eigenvalue weighted by molar-refractivity contribution is 7.91. The fraction of sp³-hybridized carbons (Fsp3) is 0.389. The quantitative estimate of drug-likeness (QED) is 0.706. The minimum Gasteiger partial charge on any atom is -0.355 e. The number of hydrogen-bond donors (Lipinski definition) is 2. The van der Waals surface area contributed by atoms with Crippen molar-refractivity contribution in [2.75, 3.05) is 25.0 Å². The van der Waals surface area contributed by atoms with Crippen molar-refractivity contribution in [1.82, 2.24) is 14.6 Å². The van der Waals surface area contributed by atoms with Gasteiger partial charge < -0.3 is 10.6 Å². The highest BCUT2D eigenvalue weighted by atomic mass is 32.2. The van der Waals surface area contributed by atoms with Crippen molar-refractivity contribution in [2.24, 2.45) is 5.92 Å². The standard InChI is InChI=1S/C18H22N4O4S2/c23-16(21-15-5-1-8-19-12-15)7-9-20-18(24)14-4-2-10-22(13-14)28(25,26)17-6-3-11-27-17/h1,3,5-6,8,11-12,14H,2,4,7,9-10,13H2,(H,20,24)(H,21,23). The van der Waals surface area contributed by atoms with E-state index in [-0.39, 0.29) is 31.3 Å². The van der Waals surface area contributed by atoms with Gasteiger partial charge in [-0.1, -0.05) is 6.07 Å². The Morgan fingerprint density at radius 2 is 2.14 bits per heavy atom. The summed E-state index contributed by atoms with van der Waals surface area (Å²) in [5.41, 5.74) is 0.598. The van der Waals surface area contributed by atoms with Crippen LogP contribution in [0.25, 0.3) is 0 Å². The molecule has 2 aromatic heterocycles. The molecule has 2 amide bonds. The van der Waals surface area contributed by atoms with Gasteiger partial charge in [0.05, 0.1) is 17.8 Å². The van der Waals surface area contributed by atoms with Crippen molar-refractivity contribution in [3.63, 3.8) is 0 Å². The molecule has 150 valence electrons. The van der Waals surface area contributed by atoms with Gasteiger partial charge in [0.1, 0.15) is 4.21 Å². The molecule has 3 rings (SSSR count). The molecule has 0 spiro atoms. The first kappa shape index (κ1) is 20.4. The van der Waals surface area contributed by atoms with Crippen LogP contribution in [0.1, 0.15) is 19.3 Å². The number of piperidine rings is 1. The molecule has 0 radical (unpaired) electrons. The molecule has 28 heavy (non-hydrogen) atoms. The van der Waals surface area contributed by atoms with Crippen molar-refractivity contribution in [3.8, 4) is 0 Å². The van der Waals surface area contributed by atoms with Gasteiger partial charge in [-0.25, -0.2) is 8.42 Å². The number of nitrogens with one attached hydrogen (secondary N) is 2. The van der Waals surface area contributed by atoms with Gasteiger partial charge >= 0.3 is 0 Å². The van der Waals surface area contributed by atoms with E-state index in [1.54, 1.807) is 42.0 Å². The minimum atomic E-state index is -3.55. The van der Waals surface area contributed by atoms with Crippen LogP contribution in [0.3, 0.4) is 0 Å². The Morgan fingerprint density at radius 1 is 1.29 bits per heavy atom. The molecule has 1 fully saturated rings. The second-order valence-corrected chi connectivity index (χ2v) is 9.58. The lowest BCUT2D eigenvalue weighted by Gasteiger charge is -2.30. The highest BCUT2D eigenvalue weighted by Gasteiger charge is 2.33. The Morgan fingerprint density at radius 3 is 2.86 bits per heavy atom. The molecule has 8 nitrogen and oxygen atoms in total. The van der Waals surface area contributed by atoms with E-state index in [2.05, 4.69) is 15.6 Å². The molecule has 10 heteroatoms. The summed E-state index contributed by atoms with van der Waals surface area (Å²) in [4.78, 5) is 28.2. The van der Waals surface area contributed by atoms with Crippen molar-refractivity contribution in [1.29, 1.82) is 0 Å². The summed E-state index contributed by atoms with van der Waals surface area (Å²) in [5, 5.41) is 7.16. The van der Waals surface area contributed by atoms with E-state index in [4.69, 9.17) is 0 Å². The average Bonchev–Trinajstić information content (AvgIpc) is 3.24. The molecule has 2 N–H and O–H groups in total. The SMILES string of the molecule is O=C(CCNC(=O)C1CCCN(S(=O)(=O)c2cccs2)C1)Nc1cccnc1. The van der Waals surface area contributed by atoms with Gasteiger partial charge in [0.25, 0.3) is 10.0 Å². The summed E-state index contributed by atoms with van der Waals surface area (Å²) in [6, 6.07) is 6.72. The number of nitrogens with zero attached hydrogens (tertiary/aromatic N) is 2. The third-order valence-corrected chi connectivity index (χ3v) is 7.68. The van der Waals surface area contributed by atoms with E-state index >= 15 is 0 Å². The first-order valence-electron chi connectivity index (χ1n) is 8.98. The summed E-state index contributed by atoms with van der Waals surface area (Å²) < 4.78 is 26.9. The van der Waals surface area contributed by atoms with Crippen LogP contribution in [-0.2, 0) is 19.6 Å². The summed E-state index contributed by atoms with van der Waals surface area (Å²) in [6.45, 7) is 0.768. The number of anilines is 1. The molecule has 0 bridgehead atoms. The van der Waals surface area contributed by atoms with Crippen LogP contribution in [0.4, 0.5) is 5.69 Å². The van der Waals surface area contributed by atoms with Crippen molar-refractivity contribution >= 4 is 38.9 Å². The Bertz CT molecular complexity index is 901. The number of hydrogen-bond acceptors (Lipinski definition) is 6. The number of carbonyl (C=O) groups is 2. The number of rotatable bonds is 7. The van der Waals surface area contributed by atoms with E-state index in [0.29, 0.717) is 29.3 Å². The van der Waals surface area contributed by atoms with Crippen LogP contribution < -0.4 is 10.6 Å². The summed E-state index contributed by atoms with van der Waals surface area (Å²) in [7, 11) is -3.55. The van der Waals surface area contributed by atoms with E-state index < -0.39 is 15.9 Å². The maximum atomic E-state index is 12.6.